The molecule has 17 nitrogen and oxygen atoms in total. The summed E-state index contributed by atoms with van der Waals surface area (Å²) >= 11 is 0. The van der Waals surface area contributed by atoms with Gasteiger partial charge in [-0.05, 0) is 135 Å². The number of unbranched alkanes of at least 4 members (excludes halogenated alkanes) is 33. The van der Waals surface area contributed by atoms with Crippen LogP contribution in [0.3, 0.4) is 0 Å². The molecule has 0 heterocycles. The van der Waals surface area contributed by atoms with Gasteiger partial charge in [0.15, 0.2) is 12.2 Å². The number of hydrogen-bond donors (Lipinski definition) is 3. The number of carbonyl (C=O) groups excluding carboxylic acids is 4. The van der Waals surface area contributed by atoms with E-state index >= 15 is 0 Å². The van der Waals surface area contributed by atoms with Crippen molar-refractivity contribution in [2.45, 2.75) is 367 Å². The van der Waals surface area contributed by atoms with Gasteiger partial charge in [-0.2, -0.15) is 0 Å². The molecule has 0 saturated carbocycles. The van der Waals surface area contributed by atoms with Crippen LogP contribution in [-0.4, -0.2) is 96.7 Å². The molecule has 0 fully saturated rings. The molecule has 3 N–H and O–H groups in total. The van der Waals surface area contributed by atoms with Gasteiger partial charge in [-0.25, -0.2) is 9.13 Å². The van der Waals surface area contributed by atoms with Gasteiger partial charge in [0.25, 0.3) is 0 Å². The summed E-state index contributed by atoms with van der Waals surface area (Å²) in [6.45, 7) is 4.69. The van der Waals surface area contributed by atoms with E-state index in [9.17, 15) is 43.2 Å². The third kappa shape index (κ3) is 75.9. The van der Waals surface area contributed by atoms with Gasteiger partial charge < -0.3 is 33.8 Å². The summed E-state index contributed by atoms with van der Waals surface area (Å²) in [4.78, 5) is 73.1. The summed E-state index contributed by atoms with van der Waals surface area (Å²) in [6.07, 6.45) is 83.4. The molecule has 0 bridgehead atoms. The molecule has 0 aromatic carbocycles. The van der Waals surface area contributed by atoms with Crippen LogP contribution in [0.15, 0.2) is 109 Å². The molecular weight excluding hydrogens is 1350 g/mol. The SMILES string of the molecule is CC/C=C\C/C=C\C/C=C\C/C=C\C/C=C\CCCCCC(=O)OC[C@H](COP(=O)(O)OC[C@@H](O)COP(=O)(O)OC[C@@H](COC(=O)CCCCCCC/C=C\C/C=C\CCCCC)OC(=O)CCCCCCCCCCCCCCCCC)OC(=O)CCCCCCC/C=C\C/C=C\CCCCC. The Labute approximate surface area is 632 Å². The summed E-state index contributed by atoms with van der Waals surface area (Å²) in [5, 5.41) is 10.7. The number of phosphoric ester groups is 2. The van der Waals surface area contributed by atoms with E-state index < -0.39 is 97.5 Å². The maximum atomic E-state index is 13.1. The van der Waals surface area contributed by atoms with E-state index in [2.05, 4.69) is 137 Å². The van der Waals surface area contributed by atoms with Crippen LogP contribution in [-0.2, 0) is 65.4 Å². The van der Waals surface area contributed by atoms with E-state index in [4.69, 9.17) is 37.0 Å². The minimum absolute atomic E-state index is 0.0702. The first-order valence-electron chi connectivity index (χ1n) is 41.1. The second-order valence-corrected chi connectivity index (χ2v) is 30.2. The van der Waals surface area contributed by atoms with Gasteiger partial charge in [0.05, 0.1) is 26.4 Å². The Morgan fingerprint density at radius 3 is 0.798 bits per heavy atom. The van der Waals surface area contributed by atoms with Crippen molar-refractivity contribution in [1.29, 1.82) is 0 Å². The molecule has 19 heteroatoms. The number of ether oxygens (including phenoxy) is 4. The Kier molecular flexibility index (Phi) is 73.7. The molecule has 0 aliphatic heterocycles. The third-order valence-corrected chi connectivity index (χ3v) is 19.1. The average Bonchev–Trinajstić information content (AvgIpc) is 0.918. The molecule has 0 aromatic heterocycles. The molecule has 0 aromatic rings. The van der Waals surface area contributed by atoms with Crippen LogP contribution in [0.2, 0.25) is 0 Å². The molecular formula is C85H148O17P2. The zero-order valence-corrected chi connectivity index (χ0v) is 67.5. The first kappa shape index (κ1) is 99.7. The summed E-state index contributed by atoms with van der Waals surface area (Å²) in [7, 11) is -9.97. The van der Waals surface area contributed by atoms with Crippen molar-refractivity contribution in [1.82, 2.24) is 0 Å². The lowest BCUT2D eigenvalue weighted by Gasteiger charge is -2.21. The minimum Gasteiger partial charge on any atom is -0.462 e. The van der Waals surface area contributed by atoms with Crippen molar-refractivity contribution >= 4 is 39.5 Å². The molecule has 0 amide bonds. The van der Waals surface area contributed by atoms with E-state index in [1.807, 2.05) is 0 Å². The Balaban J connectivity index is 5.40. The quantitative estimate of drug-likeness (QED) is 0.0169. The first-order chi connectivity index (χ1) is 50.7. The lowest BCUT2D eigenvalue weighted by Crippen LogP contribution is -2.30. The molecule has 600 valence electrons. The Morgan fingerprint density at radius 2 is 0.500 bits per heavy atom. The van der Waals surface area contributed by atoms with E-state index in [1.165, 1.54) is 103 Å². The molecule has 0 aliphatic carbocycles. The molecule has 5 atom stereocenters. The number of hydrogen-bond acceptors (Lipinski definition) is 15. The van der Waals surface area contributed by atoms with E-state index in [0.29, 0.717) is 25.7 Å². The lowest BCUT2D eigenvalue weighted by molar-refractivity contribution is -0.161. The summed E-state index contributed by atoms with van der Waals surface area (Å²) < 4.78 is 68.7. The topological polar surface area (TPSA) is 237 Å². The first-order valence-corrected chi connectivity index (χ1v) is 44.1. The van der Waals surface area contributed by atoms with E-state index in [-0.39, 0.29) is 25.7 Å². The monoisotopic (exact) mass is 1500 g/mol. The predicted molar refractivity (Wildman–Crippen MR) is 427 cm³/mol. The van der Waals surface area contributed by atoms with Crippen molar-refractivity contribution in [3.05, 3.63) is 109 Å². The molecule has 0 spiro atoms. The molecule has 0 radical (unpaired) electrons. The minimum atomic E-state index is -4.99. The summed E-state index contributed by atoms with van der Waals surface area (Å²) in [6, 6.07) is 0. The smallest absolute Gasteiger partial charge is 0.462 e. The molecule has 0 aliphatic rings. The number of carbonyl (C=O) groups is 4. The summed E-state index contributed by atoms with van der Waals surface area (Å²) in [5.74, 6) is -2.22. The van der Waals surface area contributed by atoms with Crippen LogP contribution in [0.4, 0.5) is 0 Å². The van der Waals surface area contributed by atoms with Crippen LogP contribution < -0.4 is 0 Å². The fourth-order valence-corrected chi connectivity index (χ4v) is 12.5. The van der Waals surface area contributed by atoms with Gasteiger partial charge in [0.1, 0.15) is 19.3 Å². The lowest BCUT2D eigenvalue weighted by atomic mass is 10.0. The van der Waals surface area contributed by atoms with Crippen molar-refractivity contribution in [2.75, 3.05) is 39.6 Å². The van der Waals surface area contributed by atoms with Crippen LogP contribution in [0, 0.1) is 0 Å². The average molecular weight is 1500 g/mol. The second kappa shape index (κ2) is 76.9. The van der Waals surface area contributed by atoms with Crippen LogP contribution in [0.5, 0.6) is 0 Å². The van der Waals surface area contributed by atoms with Gasteiger partial charge in [-0.3, -0.25) is 37.3 Å². The fourth-order valence-electron chi connectivity index (χ4n) is 11.0. The molecule has 104 heavy (non-hydrogen) atoms. The van der Waals surface area contributed by atoms with Gasteiger partial charge >= 0.3 is 39.5 Å². The van der Waals surface area contributed by atoms with Crippen LogP contribution >= 0.6 is 15.6 Å². The van der Waals surface area contributed by atoms with Crippen LogP contribution in [0.25, 0.3) is 0 Å². The van der Waals surface area contributed by atoms with Gasteiger partial charge in [0, 0.05) is 25.7 Å². The third-order valence-electron chi connectivity index (χ3n) is 17.2. The summed E-state index contributed by atoms with van der Waals surface area (Å²) in [5.41, 5.74) is 0. The number of esters is 4. The standard InChI is InChI=1S/C85H148O17P2/c1-5-9-13-17-21-25-29-33-37-38-39-40-44-46-50-54-58-62-66-70-83(88)96-76-81(102-85(90)72-68-64-60-56-52-48-43-36-32-28-24-20-16-12-8-4)78-100-104(93,94)98-74-79(86)73-97-103(91,92)99-77-80(101-84(89)71-67-63-59-55-51-47-42-35-31-27-23-19-15-11-7-3)75-95-82(87)69-65-61-57-53-49-45-41-34-30-26-22-18-14-10-6-2/h9,13,21-22,24-26,28,33-34,36-37,39-41,43,46,50,79-81,86H,5-8,10-12,14-20,23,27,29-32,35,38,42,44-45,47-49,51-78H2,1-4H3,(H,91,92)(H,93,94)/b13-9-,25-21-,26-22-,28-24-,37-33-,40-39-,41-34-,43-36-,50-46-/t79-,80+,81+/m0/s1. The maximum absolute atomic E-state index is 13.1. The Bertz CT molecular complexity index is 2390. The van der Waals surface area contributed by atoms with E-state index in [1.54, 1.807) is 0 Å². The molecule has 0 rings (SSSR count). The maximum Gasteiger partial charge on any atom is 0.472 e. The van der Waals surface area contributed by atoms with Crippen molar-refractivity contribution in [2.24, 2.45) is 0 Å². The highest BCUT2D eigenvalue weighted by atomic mass is 31.2. The number of aliphatic hydroxyl groups is 1. The van der Waals surface area contributed by atoms with Crippen molar-refractivity contribution in [3.63, 3.8) is 0 Å². The number of allylic oxidation sites excluding steroid dienone is 18. The zero-order valence-electron chi connectivity index (χ0n) is 65.7. The van der Waals surface area contributed by atoms with E-state index in [0.717, 1.165) is 167 Å². The molecule has 0 saturated heterocycles. The highest BCUT2D eigenvalue weighted by molar-refractivity contribution is 7.47. The van der Waals surface area contributed by atoms with Crippen LogP contribution in [0.1, 0.15) is 349 Å². The highest BCUT2D eigenvalue weighted by Crippen LogP contribution is 2.45. The second-order valence-electron chi connectivity index (χ2n) is 27.3. The zero-order chi connectivity index (χ0) is 76.0. The number of aliphatic hydroxyl groups excluding tert-OH is 1. The highest BCUT2D eigenvalue weighted by Gasteiger charge is 2.30. The number of phosphoric acid groups is 2. The number of rotatable bonds is 77. The Hall–Kier alpha value is -4.28. The van der Waals surface area contributed by atoms with Gasteiger partial charge in [0.2, 0.25) is 0 Å². The normalized spacial score (nSPS) is 14.4. The van der Waals surface area contributed by atoms with Gasteiger partial charge in [-0.1, -0.05) is 298 Å². The van der Waals surface area contributed by atoms with Crippen molar-refractivity contribution in [3.8, 4) is 0 Å². The van der Waals surface area contributed by atoms with Gasteiger partial charge in [-0.15, -0.1) is 0 Å². The predicted octanol–water partition coefficient (Wildman–Crippen LogP) is 24.1. The Morgan fingerprint density at radius 1 is 0.279 bits per heavy atom. The largest absolute Gasteiger partial charge is 0.472 e. The van der Waals surface area contributed by atoms with Crippen molar-refractivity contribution < 1.29 is 80.2 Å². The fraction of sp³-hybridized carbons (Fsp3) is 0.741. The molecule has 2 unspecified atom stereocenters.